The number of nitriles is 1. The van der Waals surface area contributed by atoms with Gasteiger partial charge >= 0.3 is 0 Å². The third-order valence-corrected chi connectivity index (χ3v) is 1.46. The normalized spacial score (nSPS) is 8.25. The van der Waals surface area contributed by atoms with E-state index >= 15 is 0 Å². The second-order valence-corrected chi connectivity index (χ2v) is 2.29. The topological polar surface area (TPSA) is 39.6 Å². The minimum absolute atomic E-state index is 1.21. The lowest BCUT2D eigenvalue weighted by atomic mass is 10.2. The van der Waals surface area contributed by atoms with Gasteiger partial charge in [0.25, 0.3) is 0 Å². The van der Waals surface area contributed by atoms with Gasteiger partial charge < -0.3 is 4.98 Å². The van der Waals surface area contributed by atoms with Crippen LogP contribution in [0.3, 0.4) is 0 Å². The SMILES string of the molecule is BC#N.c1ccc2[nH]ccc2c1. The van der Waals surface area contributed by atoms with Crippen LogP contribution >= 0.6 is 0 Å². The molecule has 0 aliphatic rings. The fourth-order valence-corrected chi connectivity index (χ4v) is 0.995. The summed E-state index contributed by atoms with van der Waals surface area (Å²) in [6.07, 6.45) is 1.95. The molecular formula is C9H9BN2. The number of nitrogens with one attached hydrogen (secondary N) is 1. The van der Waals surface area contributed by atoms with E-state index in [2.05, 4.69) is 23.2 Å². The van der Waals surface area contributed by atoms with Crippen LogP contribution in [0.2, 0.25) is 0 Å². The first kappa shape index (κ1) is 8.41. The summed E-state index contributed by atoms with van der Waals surface area (Å²) in [6, 6.07) is 10.3. The first-order chi connectivity index (χ1) is 5.88. The monoisotopic (exact) mass is 156 g/mol. The number of aromatic nitrogens is 1. The lowest BCUT2D eigenvalue weighted by Crippen LogP contribution is -1.61. The molecular weight excluding hydrogens is 147 g/mol. The number of benzene rings is 1. The van der Waals surface area contributed by atoms with E-state index in [4.69, 9.17) is 5.26 Å². The van der Waals surface area contributed by atoms with E-state index in [1.54, 1.807) is 5.97 Å². The van der Waals surface area contributed by atoms with Gasteiger partial charge in [0.05, 0.1) is 0 Å². The molecule has 0 aliphatic heterocycles. The number of aromatic amines is 1. The van der Waals surface area contributed by atoms with Gasteiger partial charge in [0.1, 0.15) is 0 Å². The van der Waals surface area contributed by atoms with E-state index in [0.717, 1.165) is 0 Å². The van der Waals surface area contributed by atoms with Gasteiger partial charge in [0.15, 0.2) is 0 Å². The number of hydrogen-bond donors (Lipinski definition) is 1. The Hall–Kier alpha value is -1.69. The molecule has 1 aromatic heterocycles. The zero-order valence-corrected chi connectivity index (χ0v) is 6.91. The molecule has 2 rings (SSSR count). The fraction of sp³-hybridized carbons (Fsp3) is 0. The van der Waals surface area contributed by atoms with Crippen molar-refractivity contribution < 1.29 is 0 Å². The van der Waals surface area contributed by atoms with Crippen molar-refractivity contribution in [3.05, 3.63) is 36.5 Å². The molecule has 0 spiro atoms. The van der Waals surface area contributed by atoms with Gasteiger partial charge in [-0.25, -0.2) is 5.26 Å². The van der Waals surface area contributed by atoms with Crippen molar-refractivity contribution in [3.63, 3.8) is 0 Å². The first-order valence-electron chi connectivity index (χ1n) is 3.71. The van der Waals surface area contributed by atoms with E-state index in [1.165, 1.54) is 18.7 Å². The van der Waals surface area contributed by atoms with Gasteiger partial charge in [-0.2, -0.15) is 0 Å². The summed E-state index contributed by atoms with van der Waals surface area (Å²) in [5.41, 5.74) is 1.21. The van der Waals surface area contributed by atoms with E-state index < -0.39 is 0 Å². The molecule has 0 atom stereocenters. The number of hydrogen-bond acceptors (Lipinski definition) is 1. The Bertz CT molecular complexity index is 356. The molecule has 1 N–H and O–H groups in total. The average Bonchev–Trinajstić information content (AvgIpc) is 2.52. The summed E-state index contributed by atoms with van der Waals surface area (Å²) >= 11 is 0. The van der Waals surface area contributed by atoms with Crippen molar-refractivity contribution in [2.24, 2.45) is 0 Å². The minimum atomic E-state index is 1.21. The molecule has 0 saturated carbocycles. The van der Waals surface area contributed by atoms with Gasteiger partial charge in [-0.3, -0.25) is 0 Å². The number of para-hydroxylation sites is 1. The molecule has 0 amide bonds. The van der Waals surface area contributed by atoms with Crippen molar-refractivity contribution in [2.45, 2.75) is 0 Å². The standard InChI is InChI=1S/C8H7N.CH2BN/c1-2-4-8-7(3-1)5-6-9-8;2-1-3/h1-6,9H;2H2. The zero-order valence-electron chi connectivity index (χ0n) is 6.91. The van der Waals surface area contributed by atoms with E-state index in [0.29, 0.717) is 0 Å². The maximum atomic E-state index is 7.32. The van der Waals surface area contributed by atoms with Gasteiger partial charge in [0.2, 0.25) is 7.85 Å². The number of nitrogens with zero attached hydrogens (tertiary/aromatic N) is 1. The highest BCUT2D eigenvalue weighted by atomic mass is 14.6. The van der Waals surface area contributed by atoms with Crippen LogP contribution in [0.15, 0.2) is 36.5 Å². The molecule has 1 heterocycles. The average molecular weight is 156 g/mol. The van der Waals surface area contributed by atoms with Crippen LogP contribution in [0, 0.1) is 11.2 Å². The van der Waals surface area contributed by atoms with E-state index in [9.17, 15) is 0 Å². The van der Waals surface area contributed by atoms with Crippen LogP contribution in [0.5, 0.6) is 0 Å². The fourth-order valence-electron chi connectivity index (χ4n) is 0.995. The van der Waals surface area contributed by atoms with Crippen LogP contribution in [0.25, 0.3) is 10.9 Å². The number of rotatable bonds is 0. The maximum absolute atomic E-state index is 7.32. The summed E-state index contributed by atoms with van der Waals surface area (Å²) in [5, 5.41) is 8.59. The highest BCUT2D eigenvalue weighted by Gasteiger charge is 1.86. The Balaban J connectivity index is 0.000000213. The lowest BCUT2D eigenvalue weighted by Gasteiger charge is -1.83. The van der Waals surface area contributed by atoms with E-state index in [-0.39, 0.29) is 0 Å². The Morgan fingerprint density at radius 1 is 1.25 bits per heavy atom. The van der Waals surface area contributed by atoms with Crippen LogP contribution in [-0.4, -0.2) is 12.8 Å². The Morgan fingerprint density at radius 2 is 1.92 bits per heavy atom. The van der Waals surface area contributed by atoms with Crippen molar-refractivity contribution in [1.29, 1.82) is 5.26 Å². The van der Waals surface area contributed by atoms with Gasteiger partial charge in [-0.15, -0.1) is 0 Å². The van der Waals surface area contributed by atoms with Crippen LogP contribution in [0.4, 0.5) is 0 Å². The molecule has 0 aliphatic carbocycles. The smallest absolute Gasteiger partial charge is 0.232 e. The molecule has 12 heavy (non-hydrogen) atoms. The summed E-state index contributed by atoms with van der Waals surface area (Å²) in [4.78, 5) is 3.12. The first-order valence-corrected chi connectivity index (χ1v) is 3.71. The molecule has 2 aromatic rings. The highest BCUT2D eigenvalue weighted by molar-refractivity contribution is 6.20. The van der Waals surface area contributed by atoms with E-state index in [1.807, 2.05) is 18.3 Å². The second kappa shape index (κ2) is 4.25. The molecule has 1 aromatic carbocycles. The highest BCUT2D eigenvalue weighted by Crippen LogP contribution is 2.09. The molecule has 0 saturated heterocycles. The number of fused-ring (bicyclic) bond motifs is 1. The molecule has 3 heteroatoms. The third-order valence-electron chi connectivity index (χ3n) is 1.46. The summed E-state index contributed by atoms with van der Waals surface area (Å²) in [7, 11) is 1.43. The molecule has 0 fully saturated rings. The Kier molecular flexibility index (Phi) is 2.98. The predicted molar refractivity (Wildman–Crippen MR) is 52.5 cm³/mol. The van der Waals surface area contributed by atoms with Crippen LogP contribution < -0.4 is 0 Å². The lowest BCUT2D eigenvalue weighted by molar-refractivity contribution is 1.48. The summed E-state index contributed by atoms with van der Waals surface area (Å²) < 4.78 is 0. The molecule has 0 radical (unpaired) electrons. The second-order valence-electron chi connectivity index (χ2n) is 2.29. The Morgan fingerprint density at radius 3 is 2.58 bits per heavy atom. The molecule has 2 nitrogen and oxygen atoms in total. The summed E-state index contributed by atoms with van der Waals surface area (Å²) in [5.74, 6) is 1.75. The minimum Gasteiger partial charge on any atom is -0.361 e. The van der Waals surface area contributed by atoms with Gasteiger partial charge in [-0.1, -0.05) is 18.2 Å². The molecule has 0 unspecified atom stereocenters. The third kappa shape index (κ3) is 1.90. The van der Waals surface area contributed by atoms with Crippen molar-refractivity contribution in [1.82, 2.24) is 4.98 Å². The number of H-pyrrole nitrogens is 1. The largest absolute Gasteiger partial charge is 0.361 e. The van der Waals surface area contributed by atoms with Crippen molar-refractivity contribution in [2.75, 3.05) is 0 Å². The maximum Gasteiger partial charge on any atom is 0.232 e. The van der Waals surface area contributed by atoms with Crippen molar-refractivity contribution >= 4 is 18.7 Å². The predicted octanol–water partition coefficient (Wildman–Crippen LogP) is 1.27. The van der Waals surface area contributed by atoms with Crippen LogP contribution in [0.1, 0.15) is 0 Å². The quantitative estimate of drug-likeness (QED) is 0.573. The zero-order chi connectivity index (χ0) is 8.81. The van der Waals surface area contributed by atoms with Crippen molar-refractivity contribution in [3.8, 4) is 5.97 Å². The van der Waals surface area contributed by atoms with Crippen LogP contribution in [-0.2, 0) is 0 Å². The molecule has 58 valence electrons. The molecule has 0 bridgehead atoms. The van der Waals surface area contributed by atoms with Gasteiger partial charge in [-0.05, 0) is 23.5 Å². The van der Waals surface area contributed by atoms with Gasteiger partial charge in [0, 0.05) is 11.7 Å². The summed E-state index contributed by atoms with van der Waals surface area (Å²) in [6.45, 7) is 0. The Labute approximate surface area is 72.2 Å².